The van der Waals surface area contributed by atoms with E-state index in [1.165, 1.54) is 59.1 Å². The zero-order valence-corrected chi connectivity index (χ0v) is 34.6. The Kier molecular flexibility index (Phi) is 8.62. The number of fused-ring (bicyclic) bond motifs is 6. The summed E-state index contributed by atoms with van der Waals surface area (Å²) in [6.45, 7) is 0. The zero-order chi connectivity index (χ0) is 41.0. The Morgan fingerprint density at radius 1 is 0.306 bits per heavy atom. The summed E-state index contributed by atoms with van der Waals surface area (Å²) in [4.78, 5) is 10.6. The molecule has 2 heterocycles. The maximum Gasteiger partial charge on any atom is 0.160 e. The first kappa shape index (κ1) is 36.2. The normalized spacial score (nSPS) is 12.6. The van der Waals surface area contributed by atoms with E-state index in [9.17, 15) is 0 Å². The van der Waals surface area contributed by atoms with Gasteiger partial charge in [-0.15, -0.1) is 11.3 Å². The van der Waals surface area contributed by atoms with Gasteiger partial charge in [0.1, 0.15) is 0 Å². The minimum atomic E-state index is -0.469. The van der Waals surface area contributed by atoms with Crippen LogP contribution in [0.25, 0.3) is 87.5 Å². The Hall–Kier alpha value is -7.72. The monoisotopic (exact) mass is 806 g/mol. The number of rotatable bonds is 7. The van der Waals surface area contributed by atoms with Gasteiger partial charge < -0.3 is 0 Å². The highest BCUT2D eigenvalue weighted by molar-refractivity contribution is 7.25. The van der Waals surface area contributed by atoms with E-state index in [1.807, 2.05) is 17.4 Å². The van der Waals surface area contributed by atoms with Crippen molar-refractivity contribution in [1.82, 2.24) is 9.97 Å². The molecular weight excluding hydrogens is 769 g/mol. The van der Waals surface area contributed by atoms with Gasteiger partial charge in [0, 0.05) is 36.9 Å². The van der Waals surface area contributed by atoms with Crippen molar-refractivity contribution in [3.8, 4) is 67.3 Å². The number of aromatic nitrogens is 2. The third-order valence-corrected chi connectivity index (χ3v) is 13.7. The molecule has 0 saturated heterocycles. The van der Waals surface area contributed by atoms with Gasteiger partial charge in [0.15, 0.2) is 5.82 Å². The van der Waals surface area contributed by atoms with Gasteiger partial charge >= 0.3 is 0 Å². The molecule has 0 radical (unpaired) electrons. The summed E-state index contributed by atoms with van der Waals surface area (Å²) < 4.78 is 2.59. The van der Waals surface area contributed by atoms with Crippen LogP contribution >= 0.6 is 11.3 Å². The van der Waals surface area contributed by atoms with Crippen LogP contribution in [0.5, 0.6) is 0 Å². The van der Waals surface area contributed by atoms with E-state index in [1.54, 1.807) is 0 Å². The van der Waals surface area contributed by atoms with Crippen molar-refractivity contribution < 1.29 is 0 Å². The Labute approximate surface area is 365 Å². The Morgan fingerprint density at radius 2 is 0.871 bits per heavy atom. The average Bonchev–Trinajstić information content (AvgIpc) is 3.88. The fourth-order valence-electron chi connectivity index (χ4n) is 9.78. The van der Waals surface area contributed by atoms with Crippen LogP contribution in [-0.4, -0.2) is 9.97 Å². The molecule has 2 nitrogen and oxygen atoms in total. The molecule has 0 unspecified atom stereocenters. The molecule has 11 aromatic rings. The molecule has 0 spiro atoms. The van der Waals surface area contributed by atoms with Gasteiger partial charge in [-0.25, -0.2) is 9.97 Å². The van der Waals surface area contributed by atoms with Crippen molar-refractivity contribution in [3.05, 3.63) is 253 Å². The third kappa shape index (κ3) is 5.85. The smallest absolute Gasteiger partial charge is 0.160 e. The van der Waals surface area contributed by atoms with Crippen LogP contribution < -0.4 is 0 Å². The molecule has 0 aliphatic heterocycles. The lowest BCUT2D eigenvalue weighted by Gasteiger charge is -2.34. The van der Waals surface area contributed by atoms with Crippen molar-refractivity contribution in [1.29, 1.82) is 0 Å². The van der Waals surface area contributed by atoms with Crippen LogP contribution in [0, 0.1) is 0 Å². The second kappa shape index (κ2) is 14.8. The molecule has 1 aliphatic rings. The van der Waals surface area contributed by atoms with E-state index in [2.05, 4.69) is 224 Å². The summed E-state index contributed by atoms with van der Waals surface area (Å²) in [6, 6.07) is 83.5. The highest BCUT2D eigenvalue weighted by Crippen LogP contribution is 2.56. The molecule has 0 N–H and O–H groups in total. The molecule has 0 bridgehead atoms. The number of nitrogens with zero attached hydrogens (tertiary/aromatic N) is 2. The number of thiophene rings is 1. The molecule has 0 atom stereocenters. The van der Waals surface area contributed by atoms with E-state index in [0.717, 1.165) is 44.8 Å². The highest BCUT2D eigenvalue weighted by atomic mass is 32.1. The lowest BCUT2D eigenvalue weighted by Crippen LogP contribution is -2.28. The van der Waals surface area contributed by atoms with Gasteiger partial charge in [-0.05, 0) is 86.0 Å². The number of hydrogen-bond acceptors (Lipinski definition) is 3. The van der Waals surface area contributed by atoms with Crippen LogP contribution in [-0.2, 0) is 5.41 Å². The van der Waals surface area contributed by atoms with Gasteiger partial charge in [0.2, 0.25) is 0 Å². The lowest BCUT2D eigenvalue weighted by molar-refractivity contribution is 0.769. The number of benzene rings is 9. The van der Waals surface area contributed by atoms with Crippen molar-refractivity contribution in [3.63, 3.8) is 0 Å². The molecule has 0 fully saturated rings. The molecule has 3 heteroatoms. The van der Waals surface area contributed by atoms with Gasteiger partial charge in [-0.2, -0.15) is 0 Å². The van der Waals surface area contributed by atoms with Crippen LogP contribution in [0.2, 0.25) is 0 Å². The molecular formula is C59H38N2S. The van der Waals surface area contributed by atoms with E-state index in [0.29, 0.717) is 5.82 Å². The Morgan fingerprint density at radius 3 is 1.66 bits per heavy atom. The summed E-state index contributed by atoms with van der Waals surface area (Å²) in [5.74, 6) is 0.698. The van der Waals surface area contributed by atoms with Crippen molar-refractivity contribution in [2.75, 3.05) is 0 Å². The van der Waals surface area contributed by atoms with Gasteiger partial charge in [0.25, 0.3) is 0 Å². The Bertz CT molecular complexity index is 3420. The van der Waals surface area contributed by atoms with Crippen LogP contribution in [0.15, 0.2) is 231 Å². The maximum absolute atomic E-state index is 5.29. The van der Waals surface area contributed by atoms with Crippen LogP contribution in [0.3, 0.4) is 0 Å². The molecule has 290 valence electrons. The summed E-state index contributed by atoms with van der Waals surface area (Å²) >= 11 is 1.85. The summed E-state index contributed by atoms with van der Waals surface area (Å²) in [5.41, 5.74) is 16.7. The third-order valence-electron chi connectivity index (χ3n) is 12.6. The fourth-order valence-corrected chi connectivity index (χ4v) is 10.9. The fraction of sp³-hybridized carbons (Fsp3) is 0.0169. The zero-order valence-electron chi connectivity index (χ0n) is 33.7. The maximum atomic E-state index is 5.29. The lowest BCUT2D eigenvalue weighted by atomic mass is 9.67. The molecule has 12 rings (SSSR count). The van der Waals surface area contributed by atoms with Crippen LogP contribution in [0.1, 0.15) is 22.3 Å². The molecule has 0 saturated carbocycles. The van der Waals surface area contributed by atoms with Gasteiger partial charge in [-0.1, -0.05) is 200 Å². The van der Waals surface area contributed by atoms with E-state index < -0.39 is 5.41 Å². The predicted molar refractivity (Wildman–Crippen MR) is 259 cm³/mol. The van der Waals surface area contributed by atoms with Crippen molar-refractivity contribution >= 4 is 31.5 Å². The Balaban J connectivity index is 1.01. The second-order valence-electron chi connectivity index (χ2n) is 16.1. The van der Waals surface area contributed by atoms with E-state index in [-0.39, 0.29) is 0 Å². The molecule has 62 heavy (non-hydrogen) atoms. The molecule has 1 aliphatic carbocycles. The highest BCUT2D eigenvalue weighted by Gasteiger charge is 2.46. The largest absolute Gasteiger partial charge is 0.228 e. The van der Waals surface area contributed by atoms with E-state index >= 15 is 0 Å². The minimum Gasteiger partial charge on any atom is -0.228 e. The van der Waals surface area contributed by atoms with Crippen molar-refractivity contribution in [2.24, 2.45) is 0 Å². The van der Waals surface area contributed by atoms with Gasteiger partial charge in [-0.3, -0.25) is 0 Å². The predicted octanol–water partition coefficient (Wildman–Crippen LogP) is 15.5. The van der Waals surface area contributed by atoms with Crippen LogP contribution in [0.4, 0.5) is 0 Å². The average molecular weight is 807 g/mol. The van der Waals surface area contributed by atoms with Crippen molar-refractivity contribution in [2.45, 2.75) is 5.41 Å². The first-order valence-corrected chi connectivity index (χ1v) is 22.0. The molecule has 9 aromatic carbocycles. The molecule has 0 amide bonds. The molecule has 2 aromatic heterocycles. The number of hydrogen-bond donors (Lipinski definition) is 0. The van der Waals surface area contributed by atoms with Gasteiger partial charge in [0.05, 0.1) is 16.8 Å². The quantitative estimate of drug-likeness (QED) is 0.160. The minimum absolute atomic E-state index is 0.469. The standard InChI is InChI=1S/C59H38N2S/c1-4-17-39(18-5-1)58-60-54(38-55(61-58)49-27-11-10-25-46(49)42-32-34-51-50-28-13-15-30-56(50)62-57(51)37-42)43-20-16-19-40(35-43)41-31-33-48-47-26-12-14-29-52(47)59(53(48)36-41,44-21-6-2-7-22-44)45-23-8-3-9-24-45/h1-38H. The summed E-state index contributed by atoms with van der Waals surface area (Å²) in [7, 11) is 0. The topological polar surface area (TPSA) is 25.8 Å². The second-order valence-corrected chi connectivity index (χ2v) is 17.1. The SMILES string of the molecule is c1ccc(-c2nc(-c3cccc(-c4ccc5c(c4)C(c4ccccc4)(c4ccccc4)c4ccccc4-5)c3)cc(-c3ccccc3-c3ccc4c(c3)sc3ccccc34)n2)cc1. The van der Waals surface area contributed by atoms with E-state index in [4.69, 9.17) is 9.97 Å². The first-order valence-electron chi connectivity index (χ1n) is 21.1. The summed E-state index contributed by atoms with van der Waals surface area (Å²) in [6.07, 6.45) is 0. The summed E-state index contributed by atoms with van der Waals surface area (Å²) in [5, 5.41) is 2.60. The first-order chi connectivity index (χ1) is 30.7.